The van der Waals surface area contributed by atoms with Crippen molar-refractivity contribution >= 4 is 15.7 Å². The molecular weight excluding hydrogens is 424 g/mol. The van der Waals surface area contributed by atoms with Gasteiger partial charge in [0, 0.05) is 11.1 Å². The Hall–Kier alpha value is -3.32. The number of nitrogens with zero attached hydrogens (tertiary/aromatic N) is 1. The smallest absolute Gasteiger partial charge is 0.276 e. The third-order valence-corrected chi connectivity index (χ3v) is 5.89. The molecule has 0 aliphatic heterocycles. The molecule has 6 nitrogen and oxygen atoms in total. The lowest BCUT2D eigenvalue weighted by Crippen LogP contribution is -2.21. The molecule has 0 aliphatic rings. The minimum absolute atomic E-state index is 0.147. The maximum atomic E-state index is 12.8. The van der Waals surface area contributed by atoms with Crippen LogP contribution >= 0.6 is 0 Å². The van der Waals surface area contributed by atoms with E-state index in [0.29, 0.717) is 29.5 Å². The molecule has 0 saturated heterocycles. The van der Waals surface area contributed by atoms with Gasteiger partial charge in [-0.1, -0.05) is 43.7 Å². The molecule has 7 heteroatoms. The second-order valence-electron chi connectivity index (χ2n) is 7.83. The summed E-state index contributed by atoms with van der Waals surface area (Å²) in [4.78, 5) is 2.52. The number of nitrogens with one attached hydrogen (secondary N) is 1. The molecule has 0 bridgehead atoms. The van der Waals surface area contributed by atoms with Crippen LogP contribution in [0.1, 0.15) is 30.5 Å². The van der Waals surface area contributed by atoms with Gasteiger partial charge < -0.3 is 9.47 Å². The number of aryl methyl sites for hydroxylation is 1. The van der Waals surface area contributed by atoms with E-state index in [4.69, 9.17) is 9.47 Å². The topological polar surface area (TPSA) is 77.0 Å². The van der Waals surface area contributed by atoms with Gasteiger partial charge in [0.25, 0.3) is 10.0 Å². The molecule has 0 amide bonds. The minimum Gasteiger partial charge on any atom is -0.497 e. The Morgan fingerprint density at radius 2 is 1.62 bits per heavy atom. The molecule has 32 heavy (non-hydrogen) atoms. The van der Waals surface area contributed by atoms with Crippen LogP contribution in [0.5, 0.6) is 11.5 Å². The highest BCUT2D eigenvalue weighted by Crippen LogP contribution is 2.20. The summed E-state index contributed by atoms with van der Waals surface area (Å²) in [5.41, 5.74) is 2.90. The fourth-order valence-electron chi connectivity index (χ4n) is 2.91. The number of benzene rings is 3. The molecule has 3 aromatic rings. The molecular formula is C25H28N2O4S. The lowest BCUT2D eigenvalue weighted by atomic mass is 10.0. The first-order chi connectivity index (χ1) is 15.3. The van der Waals surface area contributed by atoms with Crippen molar-refractivity contribution in [2.24, 2.45) is 11.0 Å². The van der Waals surface area contributed by atoms with Gasteiger partial charge in [-0.05, 0) is 61.4 Å². The van der Waals surface area contributed by atoms with Gasteiger partial charge in [-0.15, -0.1) is 0 Å². The van der Waals surface area contributed by atoms with E-state index in [0.717, 1.165) is 16.9 Å². The Balaban J connectivity index is 1.96. The van der Waals surface area contributed by atoms with E-state index >= 15 is 0 Å². The van der Waals surface area contributed by atoms with Gasteiger partial charge in [0.1, 0.15) is 11.5 Å². The number of methoxy groups -OCH3 is 1. The molecule has 1 N–H and O–H groups in total. The third-order valence-electron chi connectivity index (χ3n) is 4.66. The second-order valence-corrected chi connectivity index (χ2v) is 9.49. The molecule has 0 aliphatic carbocycles. The average molecular weight is 453 g/mol. The van der Waals surface area contributed by atoms with Crippen molar-refractivity contribution in [1.29, 1.82) is 0 Å². The molecule has 0 aromatic heterocycles. The van der Waals surface area contributed by atoms with Gasteiger partial charge in [0.15, 0.2) is 0 Å². The lowest BCUT2D eigenvalue weighted by Gasteiger charge is -2.12. The number of ether oxygens (including phenoxy) is 2. The maximum absolute atomic E-state index is 12.8. The highest BCUT2D eigenvalue weighted by Gasteiger charge is 2.15. The Bertz CT molecular complexity index is 1170. The molecule has 0 spiro atoms. The van der Waals surface area contributed by atoms with Crippen LogP contribution in [0, 0.1) is 12.8 Å². The van der Waals surface area contributed by atoms with Crippen molar-refractivity contribution in [3.8, 4) is 11.5 Å². The first-order valence-electron chi connectivity index (χ1n) is 10.3. The predicted molar refractivity (Wildman–Crippen MR) is 127 cm³/mol. The predicted octanol–water partition coefficient (Wildman–Crippen LogP) is 4.77. The van der Waals surface area contributed by atoms with Gasteiger partial charge in [-0.3, -0.25) is 0 Å². The summed E-state index contributed by atoms with van der Waals surface area (Å²) in [5.74, 6) is 1.81. The first kappa shape index (κ1) is 23.3. The maximum Gasteiger partial charge on any atom is 0.276 e. The van der Waals surface area contributed by atoms with Crippen LogP contribution < -0.4 is 14.3 Å². The summed E-state index contributed by atoms with van der Waals surface area (Å²) in [7, 11) is -2.24. The molecule has 3 aromatic carbocycles. The summed E-state index contributed by atoms with van der Waals surface area (Å²) in [6.07, 6.45) is 0. The largest absolute Gasteiger partial charge is 0.497 e. The van der Waals surface area contributed by atoms with E-state index in [1.807, 2.05) is 55.5 Å². The average Bonchev–Trinajstić information content (AvgIpc) is 2.79. The van der Waals surface area contributed by atoms with Crippen molar-refractivity contribution in [2.75, 3.05) is 13.7 Å². The number of hydrazone groups is 1. The van der Waals surface area contributed by atoms with E-state index < -0.39 is 10.0 Å². The van der Waals surface area contributed by atoms with Crippen LogP contribution in [-0.2, 0) is 10.0 Å². The minimum atomic E-state index is -3.82. The number of rotatable bonds is 9. The lowest BCUT2D eigenvalue weighted by molar-refractivity contribution is 0.271. The molecule has 0 saturated carbocycles. The van der Waals surface area contributed by atoms with Crippen molar-refractivity contribution in [1.82, 2.24) is 4.83 Å². The van der Waals surface area contributed by atoms with Gasteiger partial charge in [0.05, 0.1) is 24.3 Å². The van der Waals surface area contributed by atoms with Crippen LogP contribution in [0.2, 0.25) is 0 Å². The van der Waals surface area contributed by atoms with E-state index in [9.17, 15) is 8.42 Å². The number of sulfonamides is 1. The van der Waals surface area contributed by atoms with Crippen molar-refractivity contribution in [3.63, 3.8) is 0 Å². The van der Waals surface area contributed by atoms with Gasteiger partial charge in [-0.2, -0.15) is 18.4 Å². The van der Waals surface area contributed by atoms with Gasteiger partial charge in [-0.25, -0.2) is 0 Å². The van der Waals surface area contributed by atoms with Crippen molar-refractivity contribution in [3.05, 3.63) is 89.5 Å². The Morgan fingerprint density at radius 3 is 2.25 bits per heavy atom. The summed E-state index contributed by atoms with van der Waals surface area (Å²) in [5, 5.41) is 4.30. The van der Waals surface area contributed by atoms with Crippen LogP contribution in [0.25, 0.3) is 0 Å². The molecule has 0 fully saturated rings. The van der Waals surface area contributed by atoms with E-state index in [2.05, 4.69) is 23.8 Å². The molecule has 0 radical (unpaired) electrons. The zero-order chi connectivity index (χ0) is 23.1. The molecule has 0 atom stereocenters. The van der Waals surface area contributed by atoms with Gasteiger partial charge >= 0.3 is 0 Å². The Morgan fingerprint density at radius 1 is 0.938 bits per heavy atom. The highest BCUT2D eigenvalue weighted by atomic mass is 32.2. The molecule has 0 unspecified atom stereocenters. The zero-order valence-electron chi connectivity index (χ0n) is 18.7. The third kappa shape index (κ3) is 6.11. The monoisotopic (exact) mass is 452 g/mol. The van der Waals surface area contributed by atoms with Crippen LogP contribution in [0.3, 0.4) is 0 Å². The normalized spacial score (nSPS) is 12.0. The van der Waals surface area contributed by atoms with Crippen LogP contribution in [0.15, 0.2) is 82.8 Å². The number of hydrogen-bond donors (Lipinski definition) is 1. The fraction of sp³-hybridized carbons (Fsp3) is 0.240. The van der Waals surface area contributed by atoms with Gasteiger partial charge in [0.2, 0.25) is 0 Å². The fourth-order valence-corrected chi connectivity index (χ4v) is 3.73. The summed E-state index contributed by atoms with van der Waals surface area (Å²) in [6, 6.07) is 21.3. The summed E-state index contributed by atoms with van der Waals surface area (Å²) >= 11 is 0. The van der Waals surface area contributed by atoms with Crippen LogP contribution in [0.4, 0.5) is 0 Å². The van der Waals surface area contributed by atoms with E-state index in [1.165, 1.54) is 0 Å². The van der Waals surface area contributed by atoms with Crippen molar-refractivity contribution in [2.45, 2.75) is 25.7 Å². The van der Waals surface area contributed by atoms with Crippen molar-refractivity contribution < 1.29 is 17.9 Å². The van der Waals surface area contributed by atoms with Crippen LogP contribution in [-0.4, -0.2) is 27.8 Å². The Labute approximate surface area is 190 Å². The zero-order valence-corrected chi connectivity index (χ0v) is 19.5. The van der Waals surface area contributed by atoms with E-state index in [-0.39, 0.29) is 4.90 Å². The molecule has 3 rings (SSSR count). The van der Waals surface area contributed by atoms with E-state index in [1.54, 1.807) is 31.4 Å². The summed E-state index contributed by atoms with van der Waals surface area (Å²) in [6.45, 7) is 6.69. The second kappa shape index (κ2) is 10.3. The summed E-state index contributed by atoms with van der Waals surface area (Å²) < 4.78 is 36.6. The highest BCUT2D eigenvalue weighted by molar-refractivity contribution is 7.89. The first-order valence-corrected chi connectivity index (χ1v) is 11.8. The quantitative estimate of drug-likeness (QED) is 0.375. The standard InChI is InChI=1S/C25H28N2O4S/c1-18(2)17-31-22-12-10-20(11-13-22)25(21-6-5-7-23(16-21)30-4)26-27-32(28,29)24-14-8-19(3)9-15-24/h5-16,18,27H,17H2,1-4H3/b26-25-. The number of hydrogen-bond acceptors (Lipinski definition) is 5. The SMILES string of the molecule is COc1cccc(/C(=N\NS(=O)(=O)c2ccc(C)cc2)c2ccc(OCC(C)C)cc2)c1. The Kier molecular flexibility index (Phi) is 7.53. The molecule has 168 valence electrons. The molecule has 0 heterocycles.